The number of alkyl halides is 6. The highest BCUT2D eigenvalue weighted by atomic mass is 32.1. The van der Waals surface area contributed by atoms with E-state index >= 15 is 0 Å². The number of halogens is 6. The van der Waals surface area contributed by atoms with Gasteiger partial charge in [-0.25, -0.2) is 0 Å². The van der Waals surface area contributed by atoms with Crippen LogP contribution in [0.3, 0.4) is 0 Å². The van der Waals surface area contributed by atoms with Crippen molar-refractivity contribution in [1.82, 2.24) is 0 Å². The molecular formula is C28H4F6N6S. The Kier molecular flexibility index (Phi) is 5.76. The first-order valence-electron chi connectivity index (χ1n) is 11.0. The van der Waals surface area contributed by atoms with Crippen molar-refractivity contribution in [2.75, 3.05) is 0 Å². The molecule has 0 radical (unpaired) electrons. The molecule has 2 aliphatic carbocycles. The number of thiophene rings is 1. The van der Waals surface area contributed by atoms with Crippen molar-refractivity contribution >= 4 is 22.5 Å². The van der Waals surface area contributed by atoms with Gasteiger partial charge in [0.25, 0.3) is 0 Å². The number of nitrogens with zero attached hydrogens (tertiary/aromatic N) is 6. The van der Waals surface area contributed by atoms with E-state index in [0.29, 0.717) is 12.1 Å². The third-order valence-corrected chi connectivity index (χ3v) is 7.82. The average molecular weight is 570 g/mol. The molecule has 0 N–H and O–H groups in total. The molecule has 0 amide bonds. The predicted octanol–water partition coefficient (Wildman–Crippen LogP) is 7.19. The van der Waals surface area contributed by atoms with Gasteiger partial charge in [-0.3, -0.25) is 0 Å². The molecule has 41 heavy (non-hydrogen) atoms. The van der Waals surface area contributed by atoms with E-state index < -0.39 is 45.8 Å². The summed E-state index contributed by atoms with van der Waals surface area (Å²) in [7, 11) is 0. The summed E-state index contributed by atoms with van der Waals surface area (Å²) < 4.78 is 82.9. The van der Waals surface area contributed by atoms with Crippen LogP contribution in [0.2, 0.25) is 0 Å². The molecule has 3 aromatic rings. The second-order valence-electron chi connectivity index (χ2n) is 8.50. The Morgan fingerprint density at radius 1 is 0.537 bits per heavy atom. The van der Waals surface area contributed by atoms with Crippen LogP contribution in [0.1, 0.15) is 43.1 Å². The van der Waals surface area contributed by atoms with Crippen LogP contribution in [-0.4, -0.2) is 0 Å². The summed E-state index contributed by atoms with van der Waals surface area (Å²) in [5.41, 5.74) is -6.73. The van der Waals surface area contributed by atoms with Crippen molar-refractivity contribution < 1.29 is 26.3 Å². The summed E-state index contributed by atoms with van der Waals surface area (Å²) >= 11 is 0.722. The van der Waals surface area contributed by atoms with Gasteiger partial charge in [-0.1, -0.05) is 12.1 Å². The second-order valence-corrected chi connectivity index (χ2v) is 9.52. The van der Waals surface area contributed by atoms with E-state index in [2.05, 4.69) is 0 Å². The molecule has 1 aromatic heterocycles. The number of allylic oxidation sites excluding steroid dienone is 2. The van der Waals surface area contributed by atoms with Gasteiger partial charge in [0, 0.05) is 43.2 Å². The van der Waals surface area contributed by atoms with Gasteiger partial charge in [-0.2, -0.15) is 57.9 Å². The summed E-state index contributed by atoms with van der Waals surface area (Å²) in [5.74, 6) is 0. The summed E-state index contributed by atoms with van der Waals surface area (Å²) in [5, 5.41) is 58.1. The van der Waals surface area contributed by atoms with Gasteiger partial charge in [-0.15, -0.1) is 11.3 Å². The molecule has 1 heterocycles. The number of nitriles is 6. The third-order valence-electron chi connectivity index (χ3n) is 6.59. The maximum Gasteiger partial charge on any atom is 0.417 e. The van der Waals surface area contributed by atoms with Crippen LogP contribution in [0.4, 0.5) is 26.3 Å². The zero-order valence-corrected chi connectivity index (χ0v) is 20.5. The van der Waals surface area contributed by atoms with Gasteiger partial charge in [0.15, 0.2) is 0 Å². The SMILES string of the molecule is N#CC(C#N)=C1c2sc3c(c2-c2ccc(C(F)(F)F)c(C#N)c21)-c1ccc(C(F)(F)F)c(C#N)c1C3=C(C#N)C#N. The third kappa shape index (κ3) is 3.52. The molecule has 0 bridgehead atoms. The highest BCUT2D eigenvalue weighted by Gasteiger charge is 2.45. The average Bonchev–Trinajstić information content (AvgIpc) is 3.55. The molecule has 0 unspecified atom stereocenters. The minimum Gasteiger partial charge on any atom is -0.192 e. The number of hydrogen-bond donors (Lipinski definition) is 0. The van der Waals surface area contributed by atoms with Crippen LogP contribution >= 0.6 is 11.3 Å². The van der Waals surface area contributed by atoms with Crippen LogP contribution in [0.15, 0.2) is 35.4 Å². The van der Waals surface area contributed by atoms with E-state index in [-0.39, 0.29) is 54.3 Å². The fraction of sp³-hybridized carbons (Fsp3) is 0.0714. The van der Waals surface area contributed by atoms with E-state index in [9.17, 15) is 57.9 Å². The Hall–Kier alpha value is -5.86. The Labute approximate surface area is 230 Å². The Morgan fingerprint density at radius 3 is 1.15 bits per heavy atom. The zero-order chi connectivity index (χ0) is 30.0. The van der Waals surface area contributed by atoms with Crippen molar-refractivity contribution in [3.8, 4) is 58.7 Å². The van der Waals surface area contributed by atoms with E-state index in [4.69, 9.17) is 0 Å². The summed E-state index contributed by atoms with van der Waals surface area (Å²) in [4.78, 5) is 0.103. The standard InChI is InChI=1S/C28H4F6N6S/c29-27(30,31)17-3-1-13-21(15(17)9-39)19(11(5-35)6-36)25-23(13)24-14-2-4-18(28(32,33)34)16(10-40)22(14)20(26(24)41-25)12(7-37)8-38/h1-4H. The normalized spacial score (nSPS) is 12.4. The fourth-order valence-electron chi connectivity index (χ4n) is 5.12. The van der Waals surface area contributed by atoms with Crippen molar-refractivity contribution in [2.24, 2.45) is 0 Å². The topological polar surface area (TPSA) is 143 Å². The number of fused-ring (bicyclic) bond motifs is 7. The van der Waals surface area contributed by atoms with E-state index in [1.807, 2.05) is 0 Å². The lowest BCUT2D eigenvalue weighted by Gasteiger charge is -2.14. The quantitative estimate of drug-likeness (QED) is 0.142. The fourth-order valence-corrected chi connectivity index (χ4v) is 6.57. The first kappa shape index (κ1) is 26.7. The molecule has 0 spiro atoms. The molecule has 0 fully saturated rings. The first-order chi connectivity index (χ1) is 19.4. The number of benzene rings is 2. The van der Waals surface area contributed by atoms with Crippen LogP contribution in [-0.2, 0) is 12.4 Å². The number of rotatable bonds is 0. The Morgan fingerprint density at radius 2 is 0.878 bits per heavy atom. The lowest BCUT2D eigenvalue weighted by atomic mass is 9.91. The van der Waals surface area contributed by atoms with Crippen molar-refractivity contribution in [1.29, 1.82) is 31.6 Å². The smallest absolute Gasteiger partial charge is 0.192 e. The maximum absolute atomic E-state index is 13.8. The molecule has 0 atom stereocenters. The zero-order valence-electron chi connectivity index (χ0n) is 19.7. The largest absolute Gasteiger partial charge is 0.417 e. The minimum absolute atomic E-state index is 0.0129. The van der Waals surface area contributed by atoms with Gasteiger partial charge in [0.2, 0.25) is 0 Å². The molecule has 0 saturated heterocycles. The van der Waals surface area contributed by atoms with Gasteiger partial charge in [0.1, 0.15) is 47.6 Å². The van der Waals surface area contributed by atoms with Gasteiger partial charge in [-0.05, 0) is 23.3 Å². The molecule has 2 aliphatic rings. The van der Waals surface area contributed by atoms with E-state index in [0.717, 1.165) is 23.5 Å². The Balaban J connectivity index is 2.04. The van der Waals surface area contributed by atoms with E-state index in [1.54, 1.807) is 24.3 Å². The summed E-state index contributed by atoms with van der Waals surface area (Å²) in [6.07, 6.45) is -9.95. The molecule has 5 rings (SSSR count). The highest BCUT2D eigenvalue weighted by molar-refractivity contribution is 7.16. The predicted molar refractivity (Wildman–Crippen MR) is 129 cm³/mol. The lowest BCUT2D eigenvalue weighted by molar-refractivity contribution is -0.138. The molecule has 2 aromatic carbocycles. The van der Waals surface area contributed by atoms with Crippen LogP contribution in [0.5, 0.6) is 0 Å². The first-order valence-corrected chi connectivity index (χ1v) is 11.8. The molecule has 0 aliphatic heterocycles. The second kappa shape index (κ2) is 8.84. The molecule has 6 nitrogen and oxygen atoms in total. The van der Waals surface area contributed by atoms with Crippen LogP contribution in [0, 0.1) is 68.0 Å². The molecule has 13 heteroatoms. The van der Waals surface area contributed by atoms with E-state index in [1.165, 1.54) is 12.1 Å². The molecule has 0 saturated carbocycles. The van der Waals surface area contributed by atoms with Gasteiger partial charge in [0.05, 0.1) is 22.3 Å². The minimum atomic E-state index is -4.98. The van der Waals surface area contributed by atoms with Crippen LogP contribution in [0.25, 0.3) is 33.4 Å². The summed E-state index contributed by atoms with van der Waals surface area (Å²) in [6.45, 7) is 0. The Bertz CT molecular complexity index is 1900. The van der Waals surface area contributed by atoms with Crippen molar-refractivity contribution in [2.45, 2.75) is 12.4 Å². The molecular weight excluding hydrogens is 566 g/mol. The lowest BCUT2D eigenvalue weighted by Crippen LogP contribution is -2.09. The monoisotopic (exact) mass is 570 g/mol. The number of hydrogen-bond acceptors (Lipinski definition) is 7. The maximum atomic E-state index is 13.8. The van der Waals surface area contributed by atoms with Gasteiger partial charge < -0.3 is 0 Å². The van der Waals surface area contributed by atoms with Crippen molar-refractivity contribution in [3.63, 3.8) is 0 Å². The van der Waals surface area contributed by atoms with Crippen LogP contribution < -0.4 is 0 Å². The highest BCUT2D eigenvalue weighted by Crippen LogP contribution is 2.63. The summed E-state index contributed by atoms with van der Waals surface area (Å²) in [6, 6.07) is 12.8. The van der Waals surface area contributed by atoms with Crippen molar-refractivity contribution in [3.05, 3.63) is 78.5 Å². The van der Waals surface area contributed by atoms with Gasteiger partial charge >= 0.3 is 12.4 Å². The molecule has 194 valence electrons.